The van der Waals surface area contributed by atoms with E-state index in [1.54, 1.807) is 24.7 Å². The van der Waals surface area contributed by atoms with Crippen molar-refractivity contribution < 1.29 is 4.52 Å². The van der Waals surface area contributed by atoms with Crippen molar-refractivity contribution in [3.63, 3.8) is 0 Å². The summed E-state index contributed by atoms with van der Waals surface area (Å²) in [7, 11) is 0. The first-order valence-corrected chi connectivity index (χ1v) is 4.67. The number of aromatic amines is 1. The van der Waals surface area contributed by atoms with Gasteiger partial charge in [0, 0.05) is 24.2 Å². The van der Waals surface area contributed by atoms with Gasteiger partial charge in [-0.3, -0.25) is 10.1 Å². The minimum Gasteiger partial charge on any atom is -0.332 e. The third-order valence-electron chi connectivity index (χ3n) is 2.10. The SMILES string of the molecule is c1cc(-c2noc(-c3ccn[nH]3)n2)ccn1. The van der Waals surface area contributed by atoms with Crippen LogP contribution in [0, 0.1) is 0 Å². The van der Waals surface area contributed by atoms with Crippen LogP contribution in [0.25, 0.3) is 23.0 Å². The summed E-state index contributed by atoms with van der Waals surface area (Å²) in [5, 5.41) is 10.5. The topological polar surface area (TPSA) is 80.5 Å². The fraction of sp³-hybridized carbons (Fsp3) is 0. The predicted octanol–water partition coefficient (Wildman–Crippen LogP) is 1.52. The normalized spacial score (nSPS) is 10.5. The second-order valence-corrected chi connectivity index (χ2v) is 3.13. The number of hydrogen-bond donors (Lipinski definition) is 1. The summed E-state index contributed by atoms with van der Waals surface area (Å²) in [4.78, 5) is 8.17. The average molecular weight is 213 g/mol. The molecule has 0 atom stereocenters. The van der Waals surface area contributed by atoms with Crippen molar-refractivity contribution in [2.24, 2.45) is 0 Å². The van der Waals surface area contributed by atoms with E-state index in [0.717, 1.165) is 5.56 Å². The molecule has 0 saturated carbocycles. The highest BCUT2D eigenvalue weighted by molar-refractivity contribution is 5.56. The van der Waals surface area contributed by atoms with Crippen molar-refractivity contribution in [2.45, 2.75) is 0 Å². The Kier molecular flexibility index (Phi) is 1.96. The van der Waals surface area contributed by atoms with Gasteiger partial charge in [-0.15, -0.1) is 0 Å². The summed E-state index contributed by atoms with van der Waals surface area (Å²) in [5.74, 6) is 0.955. The lowest BCUT2D eigenvalue weighted by Gasteiger charge is -1.89. The van der Waals surface area contributed by atoms with Crippen LogP contribution in [0.4, 0.5) is 0 Å². The van der Waals surface area contributed by atoms with Crippen LogP contribution in [-0.2, 0) is 0 Å². The van der Waals surface area contributed by atoms with E-state index in [0.29, 0.717) is 17.4 Å². The van der Waals surface area contributed by atoms with E-state index in [4.69, 9.17) is 4.52 Å². The van der Waals surface area contributed by atoms with Crippen molar-refractivity contribution in [2.75, 3.05) is 0 Å². The molecule has 3 rings (SSSR count). The zero-order valence-corrected chi connectivity index (χ0v) is 8.16. The molecular weight excluding hydrogens is 206 g/mol. The Morgan fingerprint density at radius 2 is 1.94 bits per heavy atom. The summed E-state index contributed by atoms with van der Waals surface area (Å²) in [6, 6.07) is 5.41. The van der Waals surface area contributed by atoms with Gasteiger partial charge in [-0.1, -0.05) is 5.16 Å². The Morgan fingerprint density at radius 3 is 2.69 bits per heavy atom. The van der Waals surface area contributed by atoms with Gasteiger partial charge >= 0.3 is 0 Å². The molecule has 3 aromatic heterocycles. The quantitative estimate of drug-likeness (QED) is 0.698. The van der Waals surface area contributed by atoms with E-state index in [-0.39, 0.29) is 0 Å². The standard InChI is InChI=1S/C10H7N5O/c1-4-11-5-2-7(1)9-13-10(16-15-9)8-3-6-12-14-8/h1-6H,(H,12,14). The Bertz CT molecular complexity index is 572. The Morgan fingerprint density at radius 1 is 1.06 bits per heavy atom. The third kappa shape index (κ3) is 1.46. The first kappa shape index (κ1) is 8.78. The summed E-state index contributed by atoms with van der Waals surface area (Å²) < 4.78 is 5.11. The minimum absolute atomic E-state index is 0.421. The monoisotopic (exact) mass is 213 g/mol. The Balaban J connectivity index is 2.00. The summed E-state index contributed by atoms with van der Waals surface area (Å²) in [5.41, 5.74) is 1.57. The molecule has 78 valence electrons. The van der Waals surface area contributed by atoms with Gasteiger partial charge < -0.3 is 4.52 Å². The largest absolute Gasteiger partial charge is 0.332 e. The molecule has 16 heavy (non-hydrogen) atoms. The summed E-state index contributed by atoms with van der Waals surface area (Å²) in [6.45, 7) is 0. The van der Waals surface area contributed by atoms with Crippen LogP contribution in [-0.4, -0.2) is 25.3 Å². The van der Waals surface area contributed by atoms with Crippen molar-refractivity contribution in [3.8, 4) is 23.0 Å². The van der Waals surface area contributed by atoms with Gasteiger partial charge in [-0.25, -0.2) is 0 Å². The van der Waals surface area contributed by atoms with E-state index in [1.165, 1.54) is 0 Å². The fourth-order valence-electron chi connectivity index (χ4n) is 1.33. The van der Waals surface area contributed by atoms with Crippen molar-refractivity contribution in [1.82, 2.24) is 25.3 Å². The number of hydrogen-bond acceptors (Lipinski definition) is 5. The molecule has 0 spiro atoms. The molecule has 0 saturated heterocycles. The molecule has 0 amide bonds. The molecule has 0 fully saturated rings. The van der Waals surface area contributed by atoms with E-state index in [9.17, 15) is 0 Å². The molecule has 3 aromatic rings. The smallest absolute Gasteiger partial charge is 0.276 e. The number of pyridine rings is 1. The average Bonchev–Trinajstić information content (AvgIpc) is 3.01. The molecule has 0 unspecified atom stereocenters. The second-order valence-electron chi connectivity index (χ2n) is 3.13. The van der Waals surface area contributed by atoms with E-state index in [1.807, 2.05) is 12.1 Å². The van der Waals surface area contributed by atoms with E-state index >= 15 is 0 Å². The third-order valence-corrected chi connectivity index (χ3v) is 2.10. The number of nitrogens with zero attached hydrogens (tertiary/aromatic N) is 4. The van der Waals surface area contributed by atoms with Crippen LogP contribution in [0.5, 0.6) is 0 Å². The van der Waals surface area contributed by atoms with Crippen molar-refractivity contribution >= 4 is 0 Å². The summed E-state index contributed by atoms with van der Waals surface area (Å²) in [6.07, 6.45) is 4.99. The van der Waals surface area contributed by atoms with Gasteiger partial charge in [0.25, 0.3) is 5.89 Å². The van der Waals surface area contributed by atoms with Crippen LogP contribution >= 0.6 is 0 Å². The maximum atomic E-state index is 5.11. The number of nitrogens with one attached hydrogen (secondary N) is 1. The molecule has 0 aliphatic carbocycles. The zero-order valence-electron chi connectivity index (χ0n) is 8.16. The van der Waals surface area contributed by atoms with Gasteiger partial charge in [-0.05, 0) is 18.2 Å². The van der Waals surface area contributed by atoms with Crippen molar-refractivity contribution in [1.29, 1.82) is 0 Å². The fourth-order valence-corrected chi connectivity index (χ4v) is 1.33. The molecule has 3 heterocycles. The molecule has 6 nitrogen and oxygen atoms in total. The molecule has 0 aliphatic heterocycles. The molecule has 6 heteroatoms. The maximum Gasteiger partial charge on any atom is 0.276 e. The van der Waals surface area contributed by atoms with Crippen LogP contribution < -0.4 is 0 Å². The zero-order chi connectivity index (χ0) is 10.8. The van der Waals surface area contributed by atoms with Crippen LogP contribution in [0.1, 0.15) is 0 Å². The number of rotatable bonds is 2. The van der Waals surface area contributed by atoms with Gasteiger partial charge in [-0.2, -0.15) is 10.1 Å². The van der Waals surface area contributed by atoms with Gasteiger partial charge in [0.1, 0.15) is 5.69 Å². The van der Waals surface area contributed by atoms with Crippen LogP contribution in [0.15, 0.2) is 41.3 Å². The minimum atomic E-state index is 0.421. The predicted molar refractivity (Wildman–Crippen MR) is 55.1 cm³/mol. The molecular formula is C10H7N5O. The molecule has 0 bridgehead atoms. The first-order valence-electron chi connectivity index (χ1n) is 4.67. The summed E-state index contributed by atoms with van der Waals surface area (Å²) >= 11 is 0. The van der Waals surface area contributed by atoms with E-state index < -0.39 is 0 Å². The molecule has 1 N–H and O–H groups in total. The number of aromatic nitrogens is 5. The lowest BCUT2D eigenvalue weighted by atomic mass is 10.2. The number of H-pyrrole nitrogens is 1. The highest BCUT2D eigenvalue weighted by atomic mass is 16.5. The Labute approximate surface area is 90.3 Å². The molecule has 0 aliphatic rings. The second kappa shape index (κ2) is 3.58. The highest BCUT2D eigenvalue weighted by Crippen LogP contribution is 2.19. The van der Waals surface area contributed by atoms with E-state index in [2.05, 4.69) is 25.3 Å². The van der Waals surface area contributed by atoms with Gasteiger partial charge in [0.2, 0.25) is 5.82 Å². The first-order chi connectivity index (χ1) is 7.93. The highest BCUT2D eigenvalue weighted by Gasteiger charge is 2.10. The van der Waals surface area contributed by atoms with Crippen LogP contribution in [0.2, 0.25) is 0 Å². The lowest BCUT2D eigenvalue weighted by Crippen LogP contribution is -1.81. The van der Waals surface area contributed by atoms with Crippen molar-refractivity contribution in [3.05, 3.63) is 36.8 Å². The van der Waals surface area contributed by atoms with Gasteiger partial charge in [0.15, 0.2) is 0 Å². The van der Waals surface area contributed by atoms with Gasteiger partial charge in [0.05, 0.1) is 0 Å². The maximum absolute atomic E-state index is 5.11. The Hall–Kier alpha value is -2.50. The molecule has 0 radical (unpaired) electrons. The lowest BCUT2D eigenvalue weighted by molar-refractivity contribution is 0.431. The molecule has 0 aromatic carbocycles. The van der Waals surface area contributed by atoms with Crippen LogP contribution in [0.3, 0.4) is 0 Å².